The molecule has 1 atom stereocenters. The average molecular weight is 359 g/mol. The van der Waals surface area contributed by atoms with Gasteiger partial charge in [-0.05, 0) is 49.2 Å². The number of carbonyl (C=O) groups excluding carboxylic acids is 1. The minimum atomic E-state index is -0.263. The highest BCUT2D eigenvalue weighted by Crippen LogP contribution is 2.38. The molecule has 0 saturated carbocycles. The van der Waals surface area contributed by atoms with E-state index in [0.717, 1.165) is 11.1 Å². The van der Waals surface area contributed by atoms with Crippen LogP contribution in [-0.4, -0.2) is 31.8 Å². The first-order valence-electron chi connectivity index (χ1n) is 8.41. The van der Waals surface area contributed by atoms with Gasteiger partial charge in [0, 0.05) is 18.9 Å². The summed E-state index contributed by atoms with van der Waals surface area (Å²) in [6, 6.07) is 6.99. The van der Waals surface area contributed by atoms with E-state index < -0.39 is 0 Å². The quantitative estimate of drug-likeness (QED) is 0.757. The Morgan fingerprint density at radius 3 is 2.31 bits per heavy atom. The van der Waals surface area contributed by atoms with Crippen LogP contribution in [0.15, 0.2) is 36.7 Å². The van der Waals surface area contributed by atoms with E-state index in [0.29, 0.717) is 30.4 Å². The van der Waals surface area contributed by atoms with E-state index in [1.165, 1.54) is 0 Å². The van der Waals surface area contributed by atoms with Crippen LogP contribution in [0.2, 0.25) is 0 Å². The van der Waals surface area contributed by atoms with Gasteiger partial charge >= 0.3 is 6.03 Å². The fourth-order valence-corrected chi connectivity index (χ4v) is 2.49. The molecular formula is C19H25N3O4. The Morgan fingerprint density at radius 1 is 1.15 bits per heavy atom. The van der Waals surface area contributed by atoms with Crippen molar-refractivity contribution < 1.29 is 19.0 Å². The third kappa shape index (κ3) is 5.02. The van der Waals surface area contributed by atoms with Crippen molar-refractivity contribution in [2.45, 2.75) is 26.4 Å². The molecular weight excluding hydrogens is 334 g/mol. The predicted molar refractivity (Wildman–Crippen MR) is 98.7 cm³/mol. The second kappa shape index (κ2) is 9.50. The van der Waals surface area contributed by atoms with Crippen LogP contribution in [0.25, 0.3) is 0 Å². The van der Waals surface area contributed by atoms with Crippen molar-refractivity contribution in [1.29, 1.82) is 0 Å². The molecule has 7 heteroatoms. The Bertz CT molecular complexity index is 697. The second-order valence-corrected chi connectivity index (χ2v) is 5.59. The number of ether oxygens (including phenoxy) is 3. The number of amides is 2. The number of rotatable bonds is 8. The molecule has 140 valence electrons. The van der Waals surface area contributed by atoms with Crippen LogP contribution in [0.5, 0.6) is 17.2 Å². The molecule has 0 aliphatic carbocycles. The molecule has 0 aliphatic heterocycles. The van der Waals surface area contributed by atoms with Crippen molar-refractivity contribution in [3.05, 3.63) is 47.8 Å². The first kappa shape index (κ1) is 19.4. The van der Waals surface area contributed by atoms with Gasteiger partial charge in [-0.3, -0.25) is 4.98 Å². The number of pyridine rings is 1. The van der Waals surface area contributed by atoms with E-state index in [1.807, 2.05) is 38.1 Å². The van der Waals surface area contributed by atoms with Gasteiger partial charge in [0.05, 0.1) is 26.9 Å². The van der Waals surface area contributed by atoms with E-state index in [4.69, 9.17) is 14.2 Å². The number of urea groups is 1. The zero-order valence-corrected chi connectivity index (χ0v) is 15.5. The Balaban J connectivity index is 2.01. The number of benzene rings is 1. The minimum Gasteiger partial charge on any atom is -0.493 e. The normalized spacial score (nSPS) is 11.4. The summed E-state index contributed by atoms with van der Waals surface area (Å²) in [7, 11) is 3.13. The van der Waals surface area contributed by atoms with Crippen molar-refractivity contribution in [3.63, 3.8) is 0 Å². The van der Waals surface area contributed by atoms with Gasteiger partial charge in [0.25, 0.3) is 0 Å². The maximum atomic E-state index is 12.2. The number of hydrogen-bond donors (Lipinski definition) is 2. The Morgan fingerprint density at radius 2 is 1.77 bits per heavy atom. The molecule has 1 aromatic carbocycles. The number of nitrogens with zero attached hydrogens (tertiary/aromatic N) is 1. The van der Waals surface area contributed by atoms with E-state index in [1.54, 1.807) is 26.6 Å². The zero-order valence-electron chi connectivity index (χ0n) is 15.5. The lowest BCUT2D eigenvalue weighted by Crippen LogP contribution is -2.36. The molecule has 0 radical (unpaired) electrons. The summed E-state index contributed by atoms with van der Waals surface area (Å²) in [5.41, 5.74) is 1.83. The van der Waals surface area contributed by atoms with Crippen molar-refractivity contribution in [2.75, 3.05) is 20.8 Å². The molecule has 1 heterocycles. The van der Waals surface area contributed by atoms with E-state index in [-0.39, 0.29) is 12.1 Å². The van der Waals surface area contributed by atoms with Gasteiger partial charge in [0.15, 0.2) is 11.5 Å². The SMILES string of the molecule is CCOc1c(OC)cc(CNC(=O)N[C@@H](C)c2ccncc2)cc1OC. The van der Waals surface area contributed by atoms with Crippen LogP contribution in [0.4, 0.5) is 4.79 Å². The van der Waals surface area contributed by atoms with Gasteiger partial charge in [0.2, 0.25) is 5.75 Å². The first-order chi connectivity index (χ1) is 12.6. The molecule has 2 rings (SSSR count). The molecule has 7 nitrogen and oxygen atoms in total. The molecule has 2 amide bonds. The summed E-state index contributed by atoms with van der Waals surface area (Å²) in [6.45, 7) is 4.63. The summed E-state index contributed by atoms with van der Waals surface area (Å²) in [5.74, 6) is 1.68. The van der Waals surface area contributed by atoms with Crippen LogP contribution in [0.3, 0.4) is 0 Å². The highest BCUT2D eigenvalue weighted by molar-refractivity contribution is 5.74. The highest BCUT2D eigenvalue weighted by atomic mass is 16.5. The number of methoxy groups -OCH3 is 2. The lowest BCUT2D eigenvalue weighted by Gasteiger charge is -2.17. The minimum absolute atomic E-state index is 0.123. The van der Waals surface area contributed by atoms with Gasteiger partial charge in [-0.2, -0.15) is 0 Å². The van der Waals surface area contributed by atoms with Gasteiger partial charge in [-0.15, -0.1) is 0 Å². The maximum absolute atomic E-state index is 12.2. The lowest BCUT2D eigenvalue weighted by atomic mass is 10.1. The molecule has 0 aliphatic rings. The average Bonchev–Trinajstić information content (AvgIpc) is 2.67. The van der Waals surface area contributed by atoms with Crippen LogP contribution in [-0.2, 0) is 6.54 Å². The number of hydrogen-bond acceptors (Lipinski definition) is 5. The third-order valence-corrected chi connectivity index (χ3v) is 3.82. The van der Waals surface area contributed by atoms with Crippen molar-refractivity contribution in [1.82, 2.24) is 15.6 Å². The molecule has 2 aromatic rings. The Labute approximate surface area is 153 Å². The van der Waals surface area contributed by atoms with Gasteiger partial charge in [-0.25, -0.2) is 4.79 Å². The molecule has 0 unspecified atom stereocenters. The standard InChI is InChI=1S/C19H25N3O4/c1-5-26-18-16(24-3)10-14(11-17(18)25-4)12-21-19(23)22-13(2)15-6-8-20-9-7-15/h6-11,13H,5,12H2,1-4H3,(H2,21,22,23)/t13-/m0/s1. The van der Waals surface area contributed by atoms with Crippen LogP contribution in [0.1, 0.15) is 31.0 Å². The summed E-state index contributed by atoms with van der Waals surface area (Å²) in [4.78, 5) is 16.1. The van der Waals surface area contributed by atoms with E-state index in [2.05, 4.69) is 15.6 Å². The van der Waals surface area contributed by atoms with Gasteiger partial charge in [-0.1, -0.05) is 0 Å². The summed E-state index contributed by atoms with van der Waals surface area (Å²) >= 11 is 0. The van der Waals surface area contributed by atoms with Crippen LogP contribution >= 0.6 is 0 Å². The monoisotopic (exact) mass is 359 g/mol. The topological polar surface area (TPSA) is 81.7 Å². The number of nitrogens with one attached hydrogen (secondary N) is 2. The Kier molecular flexibility index (Phi) is 7.08. The third-order valence-electron chi connectivity index (χ3n) is 3.82. The van der Waals surface area contributed by atoms with E-state index in [9.17, 15) is 4.79 Å². The molecule has 0 bridgehead atoms. The van der Waals surface area contributed by atoms with Crippen LogP contribution in [0, 0.1) is 0 Å². The summed E-state index contributed by atoms with van der Waals surface area (Å²) < 4.78 is 16.3. The molecule has 0 saturated heterocycles. The smallest absolute Gasteiger partial charge is 0.315 e. The Hall–Kier alpha value is -2.96. The molecule has 0 spiro atoms. The van der Waals surface area contributed by atoms with Gasteiger partial charge in [0.1, 0.15) is 0 Å². The van der Waals surface area contributed by atoms with Crippen molar-refractivity contribution in [2.24, 2.45) is 0 Å². The molecule has 0 fully saturated rings. The molecule has 1 aromatic heterocycles. The summed E-state index contributed by atoms with van der Waals surface area (Å²) in [6.07, 6.45) is 3.40. The first-order valence-corrected chi connectivity index (χ1v) is 8.41. The van der Waals surface area contributed by atoms with Crippen LogP contribution < -0.4 is 24.8 Å². The van der Waals surface area contributed by atoms with Gasteiger partial charge < -0.3 is 24.8 Å². The van der Waals surface area contributed by atoms with E-state index >= 15 is 0 Å². The largest absolute Gasteiger partial charge is 0.493 e. The fourth-order valence-electron chi connectivity index (χ4n) is 2.49. The van der Waals surface area contributed by atoms with Crippen molar-refractivity contribution in [3.8, 4) is 17.2 Å². The van der Waals surface area contributed by atoms with Crippen molar-refractivity contribution >= 4 is 6.03 Å². The second-order valence-electron chi connectivity index (χ2n) is 5.59. The zero-order chi connectivity index (χ0) is 18.9. The predicted octanol–water partition coefficient (Wildman–Crippen LogP) is 3.06. The lowest BCUT2D eigenvalue weighted by molar-refractivity contribution is 0.237. The number of aromatic nitrogens is 1. The molecule has 2 N–H and O–H groups in total. The fraction of sp³-hybridized carbons (Fsp3) is 0.368. The number of carbonyl (C=O) groups is 1. The maximum Gasteiger partial charge on any atom is 0.315 e. The summed E-state index contributed by atoms with van der Waals surface area (Å²) in [5, 5.41) is 5.73. The molecule has 26 heavy (non-hydrogen) atoms. The highest BCUT2D eigenvalue weighted by Gasteiger charge is 2.15.